The minimum Gasteiger partial charge on any atom is -0.493 e. The van der Waals surface area contributed by atoms with Gasteiger partial charge in [-0.05, 0) is 48.0 Å². The lowest BCUT2D eigenvalue weighted by atomic mass is 10.2. The monoisotopic (exact) mass is 459 g/mol. The van der Waals surface area contributed by atoms with E-state index >= 15 is 0 Å². The Hall–Kier alpha value is -3.40. The van der Waals surface area contributed by atoms with Crippen LogP contribution >= 0.6 is 11.6 Å². The number of amides is 1. The van der Waals surface area contributed by atoms with Gasteiger partial charge in [0.2, 0.25) is 0 Å². The molecule has 31 heavy (non-hydrogen) atoms. The molecule has 0 aliphatic carbocycles. The molecule has 166 valence electrons. The van der Waals surface area contributed by atoms with Crippen molar-refractivity contribution in [3.63, 3.8) is 0 Å². The summed E-state index contributed by atoms with van der Waals surface area (Å²) in [7, 11) is 2.87. The van der Waals surface area contributed by atoms with Crippen LogP contribution in [0, 0.1) is 0 Å². The van der Waals surface area contributed by atoms with E-state index in [-0.39, 0.29) is 10.7 Å². The first kappa shape index (κ1) is 23.9. The third kappa shape index (κ3) is 7.74. The van der Waals surface area contributed by atoms with E-state index in [1.165, 1.54) is 32.4 Å². The number of hydrogen-bond acceptors (Lipinski definition) is 6. The molecular weight excluding hydrogens is 443 g/mol. The number of alkyl halides is 3. The van der Waals surface area contributed by atoms with Crippen LogP contribution in [-0.4, -0.2) is 39.1 Å². The van der Waals surface area contributed by atoms with Crippen molar-refractivity contribution in [2.24, 2.45) is 0 Å². The van der Waals surface area contributed by atoms with Crippen LogP contribution in [0.1, 0.15) is 5.56 Å². The number of carbonyl (C=O) groups is 2. The van der Waals surface area contributed by atoms with E-state index in [2.05, 4.69) is 10.1 Å². The number of rotatable bonds is 8. The van der Waals surface area contributed by atoms with Crippen molar-refractivity contribution in [1.82, 2.24) is 0 Å². The van der Waals surface area contributed by atoms with Crippen molar-refractivity contribution < 1.29 is 41.7 Å². The Morgan fingerprint density at radius 2 is 1.77 bits per heavy atom. The number of ether oxygens (including phenoxy) is 4. The fourth-order valence-corrected chi connectivity index (χ4v) is 2.62. The van der Waals surface area contributed by atoms with E-state index in [4.69, 9.17) is 25.8 Å². The number of nitrogens with one attached hydrogen (secondary N) is 1. The number of anilines is 1. The van der Waals surface area contributed by atoms with Gasteiger partial charge in [0.25, 0.3) is 5.91 Å². The number of halogens is 4. The van der Waals surface area contributed by atoms with Crippen LogP contribution in [0.4, 0.5) is 18.9 Å². The maximum atomic E-state index is 12.1. The molecule has 2 rings (SSSR count). The Kier molecular flexibility index (Phi) is 8.14. The molecule has 0 saturated heterocycles. The normalized spacial score (nSPS) is 11.2. The maximum absolute atomic E-state index is 12.1. The molecule has 0 aliphatic rings. The SMILES string of the molecule is COc1cc(/C=C/C(=O)OCC(=O)Nc2ccc(OC(F)(F)F)cc2)cc(Cl)c1OC. The zero-order valence-corrected chi connectivity index (χ0v) is 17.0. The Bertz CT molecular complexity index is 961. The van der Waals surface area contributed by atoms with Crippen molar-refractivity contribution in [2.45, 2.75) is 6.36 Å². The summed E-state index contributed by atoms with van der Waals surface area (Å²) in [6.45, 7) is -0.601. The second-order valence-electron chi connectivity index (χ2n) is 5.80. The van der Waals surface area contributed by atoms with Crippen LogP contribution < -0.4 is 19.5 Å². The summed E-state index contributed by atoms with van der Waals surface area (Å²) in [4.78, 5) is 23.6. The highest BCUT2D eigenvalue weighted by Crippen LogP contribution is 2.36. The van der Waals surface area contributed by atoms with E-state index in [1.54, 1.807) is 12.1 Å². The molecule has 1 amide bonds. The van der Waals surface area contributed by atoms with Gasteiger partial charge in [0.15, 0.2) is 18.1 Å². The fraction of sp³-hybridized carbons (Fsp3) is 0.200. The van der Waals surface area contributed by atoms with E-state index < -0.39 is 30.6 Å². The second-order valence-corrected chi connectivity index (χ2v) is 6.21. The molecule has 0 atom stereocenters. The van der Waals surface area contributed by atoms with Gasteiger partial charge in [-0.1, -0.05) is 11.6 Å². The second kappa shape index (κ2) is 10.6. The van der Waals surface area contributed by atoms with E-state index in [9.17, 15) is 22.8 Å². The van der Waals surface area contributed by atoms with Gasteiger partial charge in [0, 0.05) is 11.8 Å². The molecule has 2 aromatic rings. The maximum Gasteiger partial charge on any atom is 0.573 e. The number of esters is 1. The lowest BCUT2D eigenvalue weighted by Gasteiger charge is -2.10. The topological polar surface area (TPSA) is 83.1 Å². The van der Waals surface area contributed by atoms with Gasteiger partial charge in [-0.25, -0.2) is 4.79 Å². The standard InChI is InChI=1S/C20H17ClF3NO6/c1-28-16-10-12(9-15(21)19(16)29-2)3-8-18(27)30-11-17(26)25-13-4-6-14(7-5-13)31-20(22,23)24/h3-10H,11H2,1-2H3,(H,25,26)/b8-3+. The summed E-state index contributed by atoms with van der Waals surface area (Å²) >= 11 is 6.08. The van der Waals surface area contributed by atoms with Gasteiger partial charge < -0.3 is 24.3 Å². The molecule has 0 bridgehead atoms. The lowest BCUT2D eigenvalue weighted by Crippen LogP contribution is -2.20. The fourth-order valence-electron chi connectivity index (χ4n) is 2.32. The minimum absolute atomic E-state index is 0.200. The molecule has 0 aromatic heterocycles. The molecule has 7 nitrogen and oxygen atoms in total. The summed E-state index contributed by atoms with van der Waals surface area (Å²) in [5, 5.41) is 2.65. The van der Waals surface area contributed by atoms with Gasteiger partial charge in [-0.2, -0.15) is 0 Å². The summed E-state index contributed by atoms with van der Waals surface area (Å²) < 4.78 is 55.2. The summed E-state index contributed by atoms with van der Waals surface area (Å²) in [6.07, 6.45) is -2.31. The van der Waals surface area contributed by atoms with Crippen LogP contribution in [0.2, 0.25) is 5.02 Å². The first-order chi connectivity index (χ1) is 14.6. The smallest absolute Gasteiger partial charge is 0.493 e. The van der Waals surface area contributed by atoms with Gasteiger partial charge >= 0.3 is 12.3 Å². The molecule has 0 saturated carbocycles. The average molecular weight is 460 g/mol. The summed E-state index contributed by atoms with van der Waals surface area (Å²) in [5.74, 6) is -1.19. The molecule has 0 aliphatic heterocycles. The van der Waals surface area contributed by atoms with Gasteiger partial charge in [0.1, 0.15) is 5.75 Å². The molecule has 0 spiro atoms. The number of benzene rings is 2. The van der Waals surface area contributed by atoms with Crippen LogP contribution in [0.25, 0.3) is 6.08 Å². The van der Waals surface area contributed by atoms with Crippen LogP contribution in [0.5, 0.6) is 17.2 Å². The predicted octanol–water partition coefficient (Wildman–Crippen LogP) is 4.45. The Balaban J connectivity index is 1.87. The van der Waals surface area contributed by atoms with Crippen LogP contribution in [0.15, 0.2) is 42.5 Å². The van der Waals surface area contributed by atoms with Crippen molar-refractivity contribution in [3.05, 3.63) is 53.1 Å². The minimum atomic E-state index is -4.81. The Morgan fingerprint density at radius 3 is 2.35 bits per heavy atom. The van der Waals surface area contributed by atoms with E-state index in [0.717, 1.165) is 18.2 Å². The highest BCUT2D eigenvalue weighted by atomic mass is 35.5. The zero-order chi connectivity index (χ0) is 23.0. The molecule has 0 unspecified atom stereocenters. The third-order valence-corrected chi connectivity index (χ3v) is 3.87. The molecule has 2 aromatic carbocycles. The van der Waals surface area contributed by atoms with Gasteiger partial charge in [-0.15, -0.1) is 13.2 Å². The molecule has 0 fully saturated rings. The third-order valence-electron chi connectivity index (χ3n) is 3.58. The lowest BCUT2D eigenvalue weighted by molar-refractivity contribution is -0.274. The number of hydrogen-bond donors (Lipinski definition) is 1. The van der Waals surface area contributed by atoms with Gasteiger partial charge in [0.05, 0.1) is 19.2 Å². The molecule has 0 radical (unpaired) electrons. The van der Waals surface area contributed by atoms with E-state index in [0.29, 0.717) is 17.1 Å². The zero-order valence-electron chi connectivity index (χ0n) is 16.3. The summed E-state index contributed by atoms with van der Waals surface area (Å²) in [6, 6.07) is 7.63. The molecule has 0 heterocycles. The number of carbonyl (C=O) groups excluding carboxylic acids is 2. The Morgan fingerprint density at radius 1 is 1.10 bits per heavy atom. The quantitative estimate of drug-likeness (QED) is 0.464. The average Bonchev–Trinajstić information content (AvgIpc) is 2.70. The highest BCUT2D eigenvalue weighted by molar-refractivity contribution is 6.32. The number of methoxy groups -OCH3 is 2. The van der Waals surface area contributed by atoms with Crippen LogP contribution in [-0.2, 0) is 14.3 Å². The summed E-state index contributed by atoms with van der Waals surface area (Å²) in [5.41, 5.74) is 0.733. The van der Waals surface area contributed by atoms with Crippen molar-refractivity contribution in [2.75, 3.05) is 26.1 Å². The van der Waals surface area contributed by atoms with Crippen LogP contribution in [0.3, 0.4) is 0 Å². The van der Waals surface area contributed by atoms with Crippen molar-refractivity contribution >= 4 is 35.2 Å². The predicted molar refractivity (Wildman–Crippen MR) is 106 cm³/mol. The Labute approximate surface area is 180 Å². The van der Waals surface area contributed by atoms with Gasteiger partial charge in [-0.3, -0.25) is 4.79 Å². The largest absolute Gasteiger partial charge is 0.573 e. The molecule has 11 heteroatoms. The first-order valence-corrected chi connectivity index (χ1v) is 8.91. The molecule has 1 N–H and O–H groups in total. The van der Waals surface area contributed by atoms with Crippen molar-refractivity contribution in [3.8, 4) is 17.2 Å². The molecular formula is C20H17ClF3NO6. The van der Waals surface area contributed by atoms with Crippen molar-refractivity contribution in [1.29, 1.82) is 0 Å². The van der Waals surface area contributed by atoms with E-state index in [1.807, 2.05) is 0 Å². The first-order valence-electron chi connectivity index (χ1n) is 8.53. The highest BCUT2D eigenvalue weighted by Gasteiger charge is 2.30.